The first-order valence-corrected chi connectivity index (χ1v) is 6.30. The Morgan fingerprint density at radius 1 is 1.39 bits per heavy atom. The summed E-state index contributed by atoms with van der Waals surface area (Å²) < 4.78 is 13.0. The lowest BCUT2D eigenvalue weighted by Crippen LogP contribution is -2.32. The van der Waals surface area contributed by atoms with Gasteiger partial charge in [-0.15, -0.1) is 0 Å². The summed E-state index contributed by atoms with van der Waals surface area (Å²) in [6, 6.07) is 4.54. The van der Waals surface area contributed by atoms with Crippen LogP contribution in [0.25, 0.3) is 0 Å². The van der Waals surface area contributed by atoms with Crippen LogP contribution >= 0.6 is 11.6 Å². The third kappa shape index (κ3) is 5.98. The Kier molecular flexibility index (Phi) is 6.09. The molecule has 18 heavy (non-hydrogen) atoms. The van der Waals surface area contributed by atoms with E-state index in [1.807, 2.05) is 13.8 Å². The van der Waals surface area contributed by atoms with Crippen LogP contribution in [-0.4, -0.2) is 18.5 Å². The van der Waals surface area contributed by atoms with Gasteiger partial charge in [0.1, 0.15) is 5.82 Å². The van der Waals surface area contributed by atoms with E-state index in [2.05, 4.69) is 10.6 Å². The van der Waals surface area contributed by atoms with Crippen LogP contribution in [0.15, 0.2) is 18.2 Å². The van der Waals surface area contributed by atoms with Gasteiger partial charge in [0.25, 0.3) is 0 Å². The zero-order valence-electron chi connectivity index (χ0n) is 10.6. The average Bonchev–Trinajstić information content (AvgIpc) is 2.22. The molecule has 0 spiro atoms. The van der Waals surface area contributed by atoms with Gasteiger partial charge in [0.15, 0.2) is 0 Å². The summed E-state index contributed by atoms with van der Waals surface area (Å²) in [5.74, 6) is -0.341. The predicted molar refractivity (Wildman–Crippen MR) is 71.0 cm³/mol. The van der Waals surface area contributed by atoms with E-state index in [0.29, 0.717) is 24.5 Å². The summed E-state index contributed by atoms with van der Waals surface area (Å²) in [7, 11) is 0. The van der Waals surface area contributed by atoms with Crippen LogP contribution in [0.3, 0.4) is 0 Å². The lowest BCUT2D eigenvalue weighted by molar-refractivity contribution is -0.121. The number of amides is 1. The maximum absolute atomic E-state index is 13.0. The number of hydrogen-bond acceptors (Lipinski definition) is 2. The Morgan fingerprint density at radius 3 is 2.72 bits per heavy atom. The van der Waals surface area contributed by atoms with Gasteiger partial charge >= 0.3 is 0 Å². The first-order chi connectivity index (χ1) is 8.47. The second-order valence-electron chi connectivity index (χ2n) is 4.43. The van der Waals surface area contributed by atoms with Gasteiger partial charge in [-0.05, 0) is 37.6 Å². The highest BCUT2D eigenvalue weighted by Crippen LogP contribution is 2.13. The molecule has 0 atom stereocenters. The SMILES string of the molecule is CC(C)NC(=O)CCNCc1cc(F)cc(Cl)c1. The zero-order chi connectivity index (χ0) is 13.5. The predicted octanol–water partition coefficient (Wildman–Crippen LogP) is 2.48. The lowest BCUT2D eigenvalue weighted by Gasteiger charge is -2.09. The van der Waals surface area contributed by atoms with E-state index < -0.39 is 0 Å². The van der Waals surface area contributed by atoms with Gasteiger partial charge < -0.3 is 10.6 Å². The lowest BCUT2D eigenvalue weighted by atomic mass is 10.2. The van der Waals surface area contributed by atoms with Crippen molar-refractivity contribution in [2.24, 2.45) is 0 Å². The molecule has 1 amide bonds. The summed E-state index contributed by atoms with van der Waals surface area (Å²) in [6.45, 7) is 4.87. The van der Waals surface area contributed by atoms with E-state index in [0.717, 1.165) is 5.56 Å². The van der Waals surface area contributed by atoms with Gasteiger partial charge in [-0.3, -0.25) is 4.79 Å². The zero-order valence-corrected chi connectivity index (χ0v) is 11.4. The fourth-order valence-corrected chi connectivity index (χ4v) is 1.79. The number of hydrogen-bond donors (Lipinski definition) is 2. The van der Waals surface area contributed by atoms with Crippen molar-refractivity contribution in [1.29, 1.82) is 0 Å². The van der Waals surface area contributed by atoms with E-state index in [1.54, 1.807) is 6.07 Å². The van der Waals surface area contributed by atoms with Crippen molar-refractivity contribution in [3.8, 4) is 0 Å². The van der Waals surface area contributed by atoms with Crippen molar-refractivity contribution >= 4 is 17.5 Å². The van der Waals surface area contributed by atoms with Crippen LogP contribution in [0.5, 0.6) is 0 Å². The van der Waals surface area contributed by atoms with Gasteiger partial charge in [0, 0.05) is 30.6 Å². The topological polar surface area (TPSA) is 41.1 Å². The highest BCUT2D eigenvalue weighted by atomic mass is 35.5. The minimum absolute atomic E-state index is 0.00905. The van der Waals surface area contributed by atoms with Crippen molar-refractivity contribution in [1.82, 2.24) is 10.6 Å². The van der Waals surface area contributed by atoms with Crippen molar-refractivity contribution in [2.45, 2.75) is 32.9 Å². The maximum Gasteiger partial charge on any atom is 0.221 e. The Labute approximate surface area is 112 Å². The van der Waals surface area contributed by atoms with E-state index in [1.165, 1.54) is 12.1 Å². The van der Waals surface area contributed by atoms with Crippen molar-refractivity contribution in [2.75, 3.05) is 6.54 Å². The van der Waals surface area contributed by atoms with Crippen LogP contribution in [-0.2, 0) is 11.3 Å². The molecule has 1 aromatic carbocycles. The Morgan fingerprint density at radius 2 is 2.11 bits per heavy atom. The largest absolute Gasteiger partial charge is 0.354 e. The fourth-order valence-electron chi connectivity index (χ4n) is 1.54. The molecule has 0 aliphatic carbocycles. The molecule has 1 rings (SSSR count). The van der Waals surface area contributed by atoms with Gasteiger partial charge in [-0.2, -0.15) is 0 Å². The van der Waals surface area contributed by atoms with Gasteiger partial charge in [-0.25, -0.2) is 4.39 Å². The Hall–Kier alpha value is -1.13. The molecule has 5 heteroatoms. The Bertz CT molecular complexity index is 390. The van der Waals surface area contributed by atoms with E-state index >= 15 is 0 Å². The quantitative estimate of drug-likeness (QED) is 0.781. The van der Waals surface area contributed by atoms with Gasteiger partial charge in [-0.1, -0.05) is 11.6 Å². The molecule has 0 heterocycles. The first-order valence-electron chi connectivity index (χ1n) is 5.92. The molecule has 0 aliphatic rings. The van der Waals surface area contributed by atoms with Crippen molar-refractivity contribution < 1.29 is 9.18 Å². The molecular weight excluding hydrogens is 255 g/mol. The third-order valence-corrected chi connectivity index (χ3v) is 2.45. The number of halogens is 2. The second kappa shape index (κ2) is 7.34. The smallest absolute Gasteiger partial charge is 0.221 e. The fraction of sp³-hybridized carbons (Fsp3) is 0.462. The normalized spacial score (nSPS) is 10.7. The van der Waals surface area contributed by atoms with E-state index in [4.69, 9.17) is 11.6 Å². The molecule has 0 bridgehead atoms. The van der Waals surface area contributed by atoms with Crippen LogP contribution in [0, 0.1) is 5.82 Å². The number of nitrogens with one attached hydrogen (secondary N) is 2. The first kappa shape index (κ1) is 14.9. The maximum atomic E-state index is 13.0. The standard InChI is InChI=1S/C13H18ClFN2O/c1-9(2)17-13(18)3-4-16-8-10-5-11(14)7-12(15)6-10/h5-7,9,16H,3-4,8H2,1-2H3,(H,17,18). The van der Waals surface area contributed by atoms with Crippen molar-refractivity contribution in [3.63, 3.8) is 0 Å². The molecular formula is C13H18ClFN2O. The Balaban J connectivity index is 2.27. The van der Waals surface area contributed by atoms with Gasteiger partial charge in [0.05, 0.1) is 0 Å². The van der Waals surface area contributed by atoms with Crippen LogP contribution < -0.4 is 10.6 Å². The molecule has 0 saturated carbocycles. The molecule has 3 nitrogen and oxygen atoms in total. The molecule has 0 radical (unpaired) electrons. The van der Waals surface area contributed by atoms with E-state index in [9.17, 15) is 9.18 Å². The molecule has 0 aliphatic heterocycles. The highest BCUT2D eigenvalue weighted by Gasteiger charge is 2.03. The molecule has 0 aromatic heterocycles. The van der Waals surface area contributed by atoms with E-state index in [-0.39, 0.29) is 17.8 Å². The third-order valence-electron chi connectivity index (χ3n) is 2.23. The molecule has 100 valence electrons. The molecule has 2 N–H and O–H groups in total. The molecule has 0 fully saturated rings. The summed E-state index contributed by atoms with van der Waals surface area (Å²) in [4.78, 5) is 11.3. The average molecular weight is 273 g/mol. The number of carbonyl (C=O) groups is 1. The van der Waals surface area contributed by atoms with Crippen LogP contribution in [0.1, 0.15) is 25.8 Å². The number of carbonyl (C=O) groups excluding carboxylic acids is 1. The summed E-state index contributed by atoms with van der Waals surface area (Å²) in [6.07, 6.45) is 0.404. The van der Waals surface area contributed by atoms with Crippen LogP contribution in [0.4, 0.5) is 4.39 Å². The summed E-state index contributed by atoms with van der Waals surface area (Å²) in [5.41, 5.74) is 0.768. The number of benzene rings is 1. The van der Waals surface area contributed by atoms with Crippen LogP contribution in [0.2, 0.25) is 5.02 Å². The summed E-state index contributed by atoms with van der Waals surface area (Å²) in [5, 5.41) is 6.25. The summed E-state index contributed by atoms with van der Waals surface area (Å²) >= 11 is 5.74. The monoisotopic (exact) mass is 272 g/mol. The molecule has 1 aromatic rings. The minimum Gasteiger partial charge on any atom is -0.354 e. The molecule has 0 unspecified atom stereocenters. The van der Waals surface area contributed by atoms with Gasteiger partial charge in [0.2, 0.25) is 5.91 Å². The van der Waals surface area contributed by atoms with Crippen molar-refractivity contribution in [3.05, 3.63) is 34.6 Å². The molecule has 0 saturated heterocycles. The minimum atomic E-state index is -0.350. The second-order valence-corrected chi connectivity index (χ2v) is 4.86. The highest BCUT2D eigenvalue weighted by molar-refractivity contribution is 6.30. The number of rotatable bonds is 6.